The lowest BCUT2D eigenvalue weighted by molar-refractivity contribution is -0.119. The molecular formula is C30H31FN4O3. The van der Waals surface area contributed by atoms with Gasteiger partial charge in [0.15, 0.2) is 0 Å². The van der Waals surface area contributed by atoms with E-state index < -0.39 is 6.04 Å². The van der Waals surface area contributed by atoms with Gasteiger partial charge >= 0.3 is 0 Å². The number of aryl methyl sites for hydroxylation is 1. The van der Waals surface area contributed by atoms with E-state index >= 15 is 0 Å². The second-order valence-corrected chi connectivity index (χ2v) is 9.70. The SMILES string of the molecule is O=C1CC(c2ccc(F)cc2)N(C(=O)CCc2ccccc2)c2ccc(C(=O)N3CCCNCC3)cc2N1. The molecule has 0 spiro atoms. The maximum absolute atomic E-state index is 13.8. The molecule has 2 aliphatic heterocycles. The van der Waals surface area contributed by atoms with Crippen molar-refractivity contribution in [1.29, 1.82) is 0 Å². The number of rotatable bonds is 5. The van der Waals surface area contributed by atoms with Gasteiger partial charge in [-0.2, -0.15) is 0 Å². The van der Waals surface area contributed by atoms with Crippen LogP contribution in [0.15, 0.2) is 72.8 Å². The molecule has 2 N–H and O–H groups in total. The Hall–Kier alpha value is -4.04. The topological polar surface area (TPSA) is 81.8 Å². The van der Waals surface area contributed by atoms with Gasteiger partial charge in [-0.15, -0.1) is 0 Å². The van der Waals surface area contributed by atoms with Crippen molar-refractivity contribution in [3.63, 3.8) is 0 Å². The predicted octanol–water partition coefficient (Wildman–Crippen LogP) is 4.31. The highest BCUT2D eigenvalue weighted by atomic mass is 19.1. The lowest BCUT2D eigenvalue weighted by atomic mass is 9.99. The van der Waals surface area contributed by atoms with Crippen molar-refractivity contribution in [1.82, 2.24) is 10.2 Å². The first-order chi connectivity index (χ1) is 18.5. The molecule has 1 atom stereocenters. The van der Waals surface area contributed by atoms with Gasteiger partial charge < -0.3 is 20.4 Å². The molecule has 2 heterocycles. The molecule has 1 fully saturated rings. The van der Waals surface area contributed by atoms with Crippen LogP contribution in [0, 0.1) is 5.82 Å². The van der Waals surface area contributed by atoms with Gasteiger partial charge in [0.2, 0.25) is 11.8 Å². The molecule has 0 aromatic heterocycles. The first-order valence-electron chi connectivity index (χ1n) is 13.0. The fourth-order valence-electron chi connectivity index (χ4n) is 5.12. The molecule has 0 bridgehead atoms. The minimum absolute atomic E-state index is 0.0124. The Morgan fingerprint density at radius 2 is 1.74 bits per heavy atom. The van der Waals surface area contributed by atoms with E-state index in [1.807, 2.05) is 35.2 Å². The van der Waals surface area contributed by atoms with Gasteiger partial charge in [0.25, 0.3) is 5.91 Å². The van der Waals surface area contributed by atoms with Crippen molar-refractivity contribution in [2.75, 3.05) is 36.4 Å². The second kappa shape index (κ2) is 11.6. The van der Waals surface area contributed by atoms with Crippen LogP contribution in [0.4, 0.5) is 15.8 Å². The summed E-state index contributed by atoms with van der Waals surface area (Å²) < 4.78 is 13.7. The van der Waals surface area contributed by atoms with Crippen LogP contribution in [0.25, 0.3) is 0 Å². The number of nitrogens with zero attached hydrogens (tertiary/aromatic N) is 2. The highest BCUT2D eigenvalue weighted by Gasteiger charge is 2.34. The van der Waals surface area contributed by atoms with Gasteiger partial charge in [-0.25, -0.2) is 4.39 Å². The van der Waals surface area contributed by atoms with Crippen LogP contribution >= 0.6 is 0 Å². The van der Waals surface area contributed by atoms with E-state index in [0.29, 0.717) is 42.0 Å². The van der Waals surface area contributed by atoms with Crippen LogP contribution < -0.4 is 15.5 Å². The van der Waals surface area contributed by atoms with Crippen LogP contribution in [0.2, 0.25) is 0 Å². The van der Waals surface area contributed by atoms with Gasteiger partial charge in [0, 0.05) is 31.6 Å². The Labute approximate surface area is 221 Å². The van der Waals surface area contributed by atoms with E-state index in [1.54, 1.807) is 35.2 Å². The number of carbonyl (C=O) groups excluding carboxylic acids is 3. The fraction of sp³-hybridized carbons (Fsp3) is 0.300. The zero-order valence-electron chi connectivity index (χ0n) is 21.2. The molecule has 38 heavy (non-hydrogen) atoms. The smallest absolute Gasteiger partial charge is 0.253 e. The summed E-state index contributed by atoms with van der Waals surface area (Å²) in [5.41, 5.74) is 3.11. The van der Waals surface area contributed by atoms with Gasteiger partial charge in [-0.05, 0) is 60.8 Å². The van der Waals surface area contributed by atoms with Crippen LogP contribution in [0.5, 0.6) is 0 Å². The minimum atomic E-state index is -0.613. The largest absolute Gasteiger partial charge is 0.337 e. The summed E-state index contributed by atoms with van der Waals surface area (Å²) >= 11 is 0. The molecule has 7 nitrogen and oxygen atoms in total. The zero-order chi connectivity index (χ0) is 26.5. The van der Waals surface area contributed by atoms with Gasteiger partial charge in [-0.1, -0.05) is 42.5 Å². The molecule has 0 aliphatic carbocycles. The van der Waals surface area contributed by atoms with Crippen LogP contribution in [-0.4, -0.2) is 48.8 Å². The number of nitrogens with one attached hydrogen (secondary N) is 2. The minimum Gasteiger partial charge on any atom is -0.337 e. The van der Waals surface area contributed by atoms with E-state index in [0.717, 1.165) is 25.1 Å². The van der Waals surface area contributed by atoms with Crippen LogP contribution in [0.3, 0.4) is 0 Å². The highest BCUT2D eigenvalue weighted by Crippen LogP contribution is 2.39. The van der Waals surface area contributed by atoms with Crippen molar-refractivity contribution < 1.29 is 18.8 Å². The molecule has 1 saturated heterocycles. The van der Waals surface area contributed by atoms with Crippen LogP contribution in [0.1, 0.15) is 46.8 Å². The summed E-state index contributed by atoms with van der Waals surface area (Å²) in [6.45, 7) is 2.87. The first kappa shape index (κ1) is 25.6. The molecule has 0 saturated carbocycles. The van der Waals surface area contributed by atoms with E-state index in [2.05, 4.69) is 10.6 Å². The number of benzene rings is 3. The predicted molar refractivity (Wildman–Crippen MR) is 144 cm³/mol. The lowest BCUT2D eigenvalue weighted by Gasteiger charge is -2.31. The molecule has 0 radical (unpaired) electrons. The Bertz CT molecular complexity index is 1300. The maximum Gasteiger partial charge on any atom is 0.253 e. The Morgan fingerprint density at radius 3 is 2.53 bits per heavy atom. The van der Waals surface area contributed by atoms with Crippen LogP contribution in [-0.2, 0) is 16.0 Å². The maximum atomic E-state index is 13.8. The molecule has 3 amide bonds. The van der Waals surface area contributed by atoms with Gasteiger partial charge in [0.05, 0.1) is 23.8 Å². The standard InChI is InChI=1S/C30H31FN4O3/c31-24-11-8-22(9-12-24)27-20-28(36)33-25-19-23(30(38)34-17-4-15-32-16-18-34)10-13-26(25)35(27)29(37)14-7-21-5-2-1-3-6-21/h1-3,5-6,8-13,19,27,32H,4,7,14-18,20H2,(H,33,36). The summed E-state index contributed by atoms with van der Waals surface area (Å²) in [5.74, 6) is -0.922. The van der Waals surface area contributed by atoms with Gasteiger partial charge in [-0.3, -0.25) is 14.4 Å². The average Bonchev–Trinajstić information content (AvgIpc) is 3.29. The lowest BCUT2D eigenvalue weighted by Crippen LogP contribution is -2.36. The Balaban J connectivity index is 1.50. The van der Waals surface area contributed by atoms with Crippen molar-refractivity contribution in [2.45, 2.75) is 31.7 Å². The quantitative estimate of drug-likeness (QED) is 0.532. The number of anilines is 2. The third-order valence-electron chi connectivity index (χ3n) is 7.09. The second-order valence-electron chi connectivity index (χ2n) is 9.70. The number of hydrogen-bond donors (Lipinski definition) is 2. The molecule has 3 aromatic carbocycles. The molecule has 3 aromatic rings. The van der Waals surface area contributed by atoms with E-state index in [1.165, 1.54) is 12.1 Å². The molecular weight excluding hydrogens is 483 g/mol. The molecule has 8 heteroatoms. The third-order valence-corrected chi connectivity index (χ3v) is 7.09. The number of amides is 3. The van der Waals surface area contributed by atoms with E-state index in [4.69, 9.17) is 0 Å². The normalized spacial score (nSPS) is 17.7. The Morgan fingerprint density at radius 1 is 0.947 bits per heavy atom. The Kier molecular flexibility index (Phi) is 7.79. The first-order valence-corrected chi connectivity index (χ1v) is 13.0. The van der Waals surface area contributed by atoms with E-state index in [-0.39, 0.29) is 36.4 Å². The number of hydrogen-bond acceptors (Lipinski definition) is 4. The molecule has 2 aliphatic rings. The number of carbonyl (C=O) groups is 3. The monoisotopic (exact) mass is 514 g/mol. The van der Waals surface area contributed by atoms with Crippen molar-refractivity contribution in [3.05, 3.63) is 95.3 Å². The molecule has 5 rings (SSSR count). The molecule has 196 valence electrons. The summed E-state index contributed by atoms with van der Waals surface area (Å²) in [6, 6.07) is 20.2. The summed E-state index contributed by atoms with van der Waals surface area (Å²) in [5, 5.41) is 6.21. The van der Waals surface area contributed by atoms with E-state index in [9.17, 15) is 18.8 Å². The van der Waals surface area contributed by atoms with Crippen molar-refractivity contribution in [2.24, 2.45) is 0 Å². The number of fused-ring (bicyclic) bond motifs is 1. The fourth-order valence-corrected chi connectivity index (χ4v) is 5.12. The van der Waals surface area contributed by atoms with Crippen molar-refractivity contribution in [3.8, 4) is 0 Å². The number of halogens is 1. The van der Waals surface area contributed by atoms with Crippen molar-refractivity contribution >= 4 is 29.1 Å². The molecule has 1 unspecified atom stereocenters. The summed E-state index contributed by atoms with van der Waals surface area (Å²) in [4.78, 5) is 43.5. The summed E-state index contributed by atoms with van der Waals surface area (Å²) in [6.07, 6.45) is 1.66. The summed E-state index contributed by atoms with van der Waals surface area (Å²) in [7, 11) is 0. The highest BCUT2D eigenvalue weighted by molar-refractivity contribution is 6.06. The average molecular weight is 515 g/mol. The zero-order valence-corrected chi connectivity index (χ0v) is 21.2. The third kappa shape index (κ3) is 5.75. The van der Waals surface area contributed by atoms with Gasteiger partial charge in [0.1, 0.15) is 5.82 Å².